The second-order valence-corrected chi connectivity index (χ2v) is 10.2. The van der Waals surface area contributed by atoms with Gasteiger partial charge in [0.05, 0.1) is 10.6 Å². The maximum absolute atomic E-state index is 12.9. The number of hydrogen-bond donors (Lipinski definition) is 0. The maximum atomic E-state index is 12.9. The first-order valence-electron chi connectivity index (χ1n) is 10.5. The van der Waals surface area contributed by atoms with Gasteiger partial charge in [0.25, 0.3) is 0 Å². The van der Waals surface area contributed by atoms with E-state index in [2.05, 4.69) is 48.0 Å². The second-order valence-electron chi connectivity index (χ2n) is 8.24. The molecule has 0 spiro atoms. The van der Waals surface area contributed by atoms with E-state index in [1.54, 1.807) is 22.5 Å². The van der Waals surface area contributed by atoms with E-state index in [1.165, 1.54) is 16.7 Å². The Morgan fingerprint density at radius 2 is 1.48 bits per heavy atom. The molecule has 0 saturated carbocycles. The standard InChI is InChI=1S/C24H28N4O2S/c1-17-6-5-7-21(14-17)31(29,30)28-12-10-27(11-13-28)24-9-8-23(25-26-24)22-16-19(3)18(2)15-20(22)4/h5-9,14-16H,10-13H2,1-4H3. The van der Waals surface area contributed by atoms with Crippen LogP contribution in [0.4, 0.5) is 5.82 Å². The summed E-state index contributed by atoms with van der Waals surface area (Å²) in [6.07, 6.45) is 0. The van der Waals surface area contributed by atoms with Gasteiger partial charge in [-0.15, -0.1) is 10.2 Å². The van der Waals surface area contributed by atoms with Crippen molar-refractivity contribution in [2.45, 2.75) is 32.6 Å². The van der Waals surface area contributed by atoms with Gasteiger partial charge in [-0.25, -0.2) is 8.42 Å². The molecule has 0 N–H and O–H groups in total. The zero-order valence-electron chi connectivity index (χ0n) is 18.5. The molecule has 2 aromatic carbocycles. The lowest BCUT2D eigenvalue weighted by molar-refractivity contribution is 0.383. The molecule has 4 rings (SSSR count). The fraction of sp³-hybridized carbons (Fsp3) is 0.333. The Hall–Kier alpha value is -2.77. The van der Waals surface area contributed by atoms with Crippen molar-refractivity contribution in [3.8, 4) is 11.3 Å². The fourth-order valence-corrected chi connectivity index (χ4v) is 5.48. The van der Waals surface area contributed by atoms with E-state index in [1.807, 2.05) is 25.1 Å². The predicted octanol–water partition coefficient (Wildman–Crippen LogP) is 3.89. The largest absolute Gasteiger partial charge is 0.352 e. The third kappa shape index (κ3) is 4.34. The van der Waals surface area contributed by atoms with Crippen molar-refractivity contribution in [3.05, 3.63) is 70.8 Å². The van der Waals surface area contributed by atoms with Crippen molar-refractivity contribution in [2.24, 2.45) is 0 Å². The van der Waals surface area contributed by atoms with Gasteiger partial charge >= 0.3 is 0 Å². The number of benzene rings is 2. The number of anilines is 1. The number of hydrogen-bond acceptors (Lipinski definition) is 5. The number of aromatic nitrogens is 2. The molecule has 1 saturated heterocycles. The lowest BCUT2D eigenvalue weighted by Gasteiger charge is -2.34. The van der Waals surface area contributed by atoms with E-state index in [-0.39, 0.29) is 0 Å². The van der Waals surface area contributed by atoms with Gasteiger partial charge in [0.2, 0.25) is 10.0 Å². The van der Waals surface area contributed by atoms with E-state index >= 15 is 0 Å². The average Bonchev–Trinajstić information content (AvgIpc) is 2.76. The lowest BCUT2D eigenvalue weighted by Crippen LogP contribution is -2.49. The van der Waals surface area contributed by atoms with Crippen molar-refractivity contribution in [1.29, 1.82) is 0 Å². The summed E-state index contributed by atoms with van der Waals surface area (Å²) in [5.74, 6) is 0.776. The number of sulfonamides is 1. The van der Waals surface area contributed by atoms with Crippen molar-refractivity contribution < 1.29 is 8.42 Å². The molecule has 0 atom stereocenters. The minimum Gasteiger partial charge on any atom is -0.352 e. The molecule has 6 nitrogen and oxygen atoms in total. The summed E-state index contributed by atoms with van der Waals surface area (Å²) in [5.41, 5.74) is 6.57. The lowest BCUT2D eigenvalue weighted by atomic mass is 9.99. The Morgan fingerprint density at radius 3 is 2.13 bits per heavy atom. The van der Waals surface area contributed by atoms with Gasteiger partial charge < -0.3 is 4.90 Å². The van der Waals surface area contributed by atoms with Crippen LogP contribution in [0, 0.1) is 27.7 Å². The minimum atomic E-state index is -3.47. The topological polar surface area (TPSA) is 66.4 Å². The van der Waals surface area contributed by atoms with Crippen LogP contribution in [0.5, 0.6) is 0 Å². The van der Waals surface area contributed by atoms with E-state index < -0.39 is 10.0 Å². The summed E-state index contributed by atoms with van der Waals surface area (Å²) >= 11 is 0. The molecule has 7 heteroatoms. The van der Waals surface area contributed by atoms with E-state index in [0.29, 0.717) is 31.1 Å². The molecule has 0 aliphatic carbocycles. The number of piperazine rings is 1. The molecule has 31 heavy (non-hydrogen) atoms. The van der Waals surface area contributed by atoms with E-state index in [0.717, 1.165) is 22.6 Å². The highest BCUT2D eigenvalue weighted by Gasteiger charge is 2.29. The molecule has 0 unspecified atom stereocenters. The molecule has 0 amide bonds. The van der Waals surface area contributed by atoms with Gasteiger partial charge in [-0.3, -0.25) is 0 Å². The van der Waals surface area contributed by atoms with Gasteiger partial charge in [0.1, 0.15) is 0 Å². The maximum Gasteiger partial charge on any atom is 0.243 e. The molecule has 1 aliphatic heterocycles. The minimum absolute atomic E-state index is 0.355. The quantitative estimate of drug-likeness (QED) is 0.621. The first kappa shape index (κ1) is 21.5. The van der Waals surface area contributed by atoms with Crippen LogP contribution in [0.25, 0.3) is 11.3 Å². The molecule has 1 aliphatic rings. The second kappa shape index (κ2) is 8.40. The average molecular weight is 437 g/mol. The SMILES string of the molecule is Cc1cccc(S(=O)(=O)N2CCN(c3ccc(-c4cc(C)c(C)cc4C)nn3)CC2)c1. The Bertz CT molecular complexity index is 1200. The molecule has 1 aromatic heterocycles. The summed E-state index contributed by atoms with van der Waals surface area (Å²) in [6, 6.07) is 15.4. The molecule has 2 heterocycles. The van der Waals surface area contributed by atoms with Gasteiger partial charge in [-0.1, -0.05) is 18.2 Å². The first-order valence-corrected chi connectivity index (χ1v) is 11.9. The molecule has 0 radical (unpaired) electrons. The summed E-state index contributed by atoms with van der Waals surface area (Å²) < 4.78 is 27.4. The van der Waals surface area contributed by atoms with Gasteiger partial charge in [-0.2, -0.15) is 4.31 Å². The van der Waals surface area contributed by atoms with Crippen molar-refractivity contribution in [3.63, 3.8) is 0 Å². The molecular weight excluding hydrogens is 408 g/mol. The summed E-state index contributed by atoms with van der Waals surface area (Å²) in [6.45, 7) is 10.2. The Labute approximate surface area is 184 Å². The summed E-state index contributed by atoms with van der Waals surface area (Å²) in [4.78, 5) is 2.44. The number of aryl methyl sites for hydroxylation is 4. The van der Waals surface area contributed by atoms with Crippen molar-refractivity contribution in [1.82, 2.24) is 14.5 Å². The Balaban J connectivity index is 1.47. The van der Waals surface area contributed by atoms with Crippen LogP contribution in [-0.4, -0.2) is 49.1 Å². The monoisotopic (exact) mass is 436 g/mol. The molecule has 1 fully saturated rings. The Morgan fingerprint density at radius 1 is 0.774 bits per heavy atom. The molecule has 3 aromatic rings. The number of rotatable bonds is 4. The third-order valence-electron chi connectivity index (χ3n) is 5.96. The Kier molecular flexibility index (Phi) is 5.81. The van der Waals surface area contributed by atoms with Gasteiger partial charge in [0, 0.05) is 31.7 Å². The number of nitrogens with zero attached hydrogens (tertiary/aromatic N) is 4. The highest BCUT2D eigenvalue weighted by Crippen LogP contribution is 2.26. The molecule has 162 valence electrons. The van der Waals surface area contributed by atoms with Crippen LogP contribution in [0.2, 0.25) is 0 Å². The normalized spacial score (nSPS) is 15.3. The smallest absolute Gasteiger partial charge is 0.243 e. The fourth-order valence-electron chi connectivity index (χ4n) is 3.96. The summed E-state index contributed by atoms with van der Waals surface area (Å²) in [7, 11) is -3.47. The molecule has 0 bridgehead atoms. The highest BCUT2D eigenvalue weighted by molar-refractivity contribution is 7.89. The van der Waals surface area contributed by atoms with Crippen LogP contribution in [0.1, 0.15) is 22.3 Å². The zero-order chi connectivity index (χ0) is 22.2. The van der Waals surface area contributed by atoms with Crippen molar-refractivity contribution in [2.75, 3.05) is 31.1 Å². The van der Waals surface area contributed by atoms with E-state index in [9.17, 15) is 8.42 Å². The van der Waals surface area contributed by atoms with Crippen LogP contribution in [-0.2, 0) is 10.0 Å². The van der Waals surface area contributed by atoms with Crippen LogP contribution >= 0.6 is 0 Å². The van der Waals surface area contributed by atoms with Crippen LogP contribution in [0.3, 0.4) is 0 Å². The first-order chi connectivity index (χ1) is 14.8. The van der Waals surface area contributed by atoms with Crippen LogP contribution in [0.15, 0.2) is 53.4 Å². The molecular formula is C24H28N4O2S. The predicted molar refractivity (Wildman–Crippen MR) is 124 cm³/mol. The van der Waals surface area contributed by atoms with Crippen LogP contribution < -0.4 is 4.90 Å². The third-order valence-corrected chi connectivity index (χ3v) is 7.85. The zero-order valence-corrected chi connectivity index (χ0v) is 19.3. The summed E-state index contributed by atoms with van der Waals surface area (Å²) in [5, 5.41) is 8.89. The van der Waals surface area contributed by atoms with E-state index in [4.69, 9.17) is 0 Å². The van der Waals surface area contributed by atoms with Crippen molar-refractivity contribution >= 4 is 15.8 Å². The highest BCUT2D eigenvalue weighted by atomic mass is 32.2. The van der Waals surface area contributed by atoms with Gasteiger partial charge in [-0.05, 0) is 80.3 Å². The van der Waals surface area contributed by atoms with Gasteiger partial charge in [0.15, 0.2) is 5.82 Å².